The molecule has 0 radical (unpaired) electrons. The minimum absolute atomic E-state index is 0. The second-order valence-corrected chi connectivity index (χ2v) is 7.02. The van der Waals surface area contributed by atoms with Crippen molar-refractivity contribution in [2.45, 2.75) is 32.2 Å². The molecule has 0 atom stereocenters. The minimum atomic E-state index is 0. The Balaban J connectivity index is 0.00000280. The molecule has 7 heteroatoms. The van der Waals surface area contributed by atoms with Gasteiger partial charge in [0, 0.05) is 52.4 Å². The van der Waals surface area contributed by atoms with Crippen LogP contribution in [-0.2, 0) is 13.0 Å². The van der Waals surface area contributed by atoms with Gasteiger partial charge in [0.2, 0.25) is 0 Å². The molecule has 1 aromatic heterocycles. The number of hydrogen-bond donors (Lipinski definition) is 1. The molecule has 6 nitrogen and oxygen atoms in total. The predicted molar refractivity (Wildman–Crippen MR) is 124 cm³/mol. The normalized spacial score (nSPS) is 15.3. The lowest BCUT2D eigenvalue weighted by atomic mass is 10.1. The number of nitrogens with one attached hydrogen (secondary N) is 1. The van der Waals surface area contributed by atoms with Gasteiger partial charge < -0.3 is 14.7 Å². The van der Waals surface area contributed by atoms with Crippen molar-refractivity contribution in [3.63, 3.8) is 0 Å². The van der Waals surface area contributed by atoms with E-state index in [0.717, 1.165) is 50.9 Å². The summed E-state index contributed by atoms with van der Waals surface area (Å²) in [7, 11) is 1.87. The molecule has 1 fully saturated rings. The fourth-order valence-corrected chi connectivity index (χ4v) is 3.47. The molecule has 1 aliphatic heterocycles. The molecule has 28 heavy (non-hydrogen) atoms. The number of benzene rings is 1. The van der Waals surface area contributed by atoms with Crippen molar-refractivity contribution in [3.8, 4) is 0 Å². The molecule has 1 saturated heterocycles. The fourth-order valence-electron chi connectivity index (χ4n) is 3.47. The quantitative estimate of drug-likeness (QED) is 0.262. The van der Waals surface area contributed by atoms with Gasteiger partial charge in [-0.1, -0.05) is 41.9 Å². The van der Waals surface area contributed by atoms with Crippen molar-refractivity contribution in [1.82, 2.24) is 20.3 Å². The van der Waals surface area contributed by atoms with Gasteiger partial charge in [-0.25, -0.2) is 0 Å². The monoisotopic (exact) mass is 497 g/mol. The van der Waals surface area contributed by atoms with E-state index in [-0.39, 0.29) is 24.0 Å². The molecule has 1 N–H and O–H groups in total. The van der Waals surface area contributed by atoms with Crippen molar-refractivity contribution < 1.29 is 4.52 Å². The van der Waals surface area contributed by atoms with Crippen LogP contribution in [0.25, 0.3) is 0 Å². The number of guanidine groups is 1. The summed E-state index contributed by atoms with van der Waals surface area (Å²) in [4.78, 5) is 9.22. The van der Waals surface area contributed by atoms with Gasteiger partial charge in [0.1, 0.15) is 6.26 Å². The average Bonchev–Trinajstić information content (AvgIpc) is 3.22. The van der Waals surface area contributed by atoms with Gasteiger partial charge in [-0.3, -0.25) is 9.89 Å². The highest BCUT2D eigenvalue weighted by Crippen LogP contribution is 2.08. The fraction of sp³-hybridized carbons (Fsp3) is 0.524. The molecule has 3 rings (SSSR count). The molecule has 0 bridgehead atoms. The molecule has 154 valence electrons. The summed E-state index contributed by atoms with van der Waals surface area (Å²) in [5.74, 6) is 1.03. The Morgan fingerprint density at radius 1 is 1.07 bits per heavy atom. The molecule has 2 aromatic rings. The third-order valence-corrected chi connectivity index (χ3v) is 5.03. The Morgan fingerprint density at radius 3 is 2.54 bits per heavy atom. The predicted octanol–water partition coefficient (Wildman–Crippen LogP) is 3.40. The number of aryl methyl sites for hydroxylation is 1. The van der Waals surface area contributed by atoms with Gasteiger partial charge in [0.05, 0.1) is 5.69 Å². The lowest BCUT2D eigenvalue weighted by molar-refractivity contribution is 0.169. The maximum Gasteiger partial charge on any atom is 0.193 e. The first-order chi connectivity index (χ1) is 13.3. The number of aliphatic imine (C=N–C) groups is 1. The lowest BCUT2D eigenvalue weighted by Gasteiger charge is -2.36. The van der Waals surface area contributed by atoms with Crippen LogP contribution >= 0.6 is 24.0 Å². The second-order valence-electron chi connectivity index (χ2n) is 7.02. The Labute approximate surface area is 185 Å². The van der Waals surface area contributed by atoms with Crippen LogP contribution in [0.5, 0.6) is 0 Å². The molecular formula is C21H32IN5O. The number of hydrogen-bond acceptors (Lipinski definition) is 4. The van der Waals surface area contributed by atoms with Gasteiger partial charge >= 0.3 is 0 Å². The third-order valence-electron chi connectivity index (χ3n) is 5.03. The number of rotatable bonds is 8. The zero-order chi connectivity index (χ0) is 18.7. The molecule has 1 aromatic carbocycles. The zero-order valence-corrected chi connectivity index (χ0v) is 19.0. The number of piperazine rings is 1. The van der Waals surface area contributed by atoms with E-state index in [0.29, 0.717) is 0 Å². The summed E-state index contributed by atoms with van der Waals surface area (Å²) in [6.07, 6.45) is 6.47. The van der Waals surface area contributed by atoms with Crippen LogP contribution < -0.4 is 5.32 Å². The highest BCUT2D eigenvalue weighted by molar-refractivity contribution is 14.0. The standard InChI is InChI=1S/C21H31N5O.HI/c1-22-21(23-12-7-3-6-10-19-8-4-2-5-9-19)26-15-13-25(14-16-26)18-20-11-17-27-24-20;/h2,4-5,8-9,11,17H,3,6-7,10,12-16,18H2,1H3,(H,22,23);1H. The largest absolute Gasteiger partial charge is 0.364 e. The number of halogens is 1. The summed E-state index contributed by atoms with van der Waals surface area (Å²) in [5, 5.41) is 7.53. The average molecular weight is 497 g/mol. The van der Waals surface area contributed by atoms with Gasteiger partial charge in [0.25, 0.3) is 0 Å². The van der Waals surface area contributed by atoms with E-state index < -0.39 is 0 Å². The first-order valence-corrected chi connectivity index (χ1v) is 9.96. The molecule has 0 saturated carbocycles. The van der Waals surface area contributed by atoms with Crippen LogP contribution in [0.2, 0.25) is 0 Å². The van der Waals surface area contributed by atoms with Crippen LogP contribution in [-0.4, -0.2) is 60.7 Å². The highest BCUT2D eigenvalue weighted by atomic mass is 127. The van der Waals surface area contributed by atoms with Crippen molar-refractivity contribution in [1.29, 1.82) is 0 Å². The Morgan fingerprint density at radius 2 is 1.86 bits per heavy atom. The maximum atomic E-state index is 4.91. The topological polar surface area (TPSA) is 56.9 Å². The van der Waals surface area contributed by atoms with E-state index in [1.807, 2.05) is 13.1 Å². The van der Waals surface area contributed by atoms with E-state index in [1.165, 1.54) is 31.2 Å². The van der Waals surface area contributed by atoms with Gasteiger partial charge in [-0.2, -0.15) is 0 Å². The molecule has 0 aliphatic carbocycles. The highest BCUT2D eigenvalue weighted by Gasteiger charge is 2.19. The SMILES string of the molecule is CN=C(NCCCCCc1ccccc1)N1CCN(Cc2ccon2)CC1.I. The molecule has 0 unspecified atom stereocenters. The summed E-state index contributed by atoms with van der Waals surface area (Å²) in [5.41, 5.74) is 2.44. The molecule has 1 aliphatic rings. The van der Waals surface area contributed by atoms with Crippen molar-refractivity contribution >= 4 is 29.9 Å². The number of aromatic nitrogens is 1. The van der Waals surface area contributed by atoms with Crippen LogP contribution in [0.1, 0.15) is 30.5 Å². The van der Waals surface area contributed by atoms with Gasteiger partial charge in [-0.15, -0.1) is 24.0 Å². The van der Waals surface area contributed by atoms with Crippen molar-refractivity contribution in [2.24, 2.45) is 4.99 Å². The molecular weight excluding hydrogens is 465 g/mol. The van der Waals surface area contributed by atoms with E-state index in [2.05, 4.69) is 55.6 Å². The van der Waals surface area contributed by atoms with Gasteiger partial charge in [0.15, 0.2) is 5.96 Å². The molecule has 0 amide bonds. The summed E-state index contributed by atoms with van der Waals surface area (Å²) >= 11 is 0. The minimum Gasteiger partial charge on any atom is -0.364 e. The van der Waals surface area contributed by atoms with Crippen LogP contribution in [0, 0.1) is 0 Å². The van der Waals surface area contributed by atoms with E-state index in [4.69, 9.17) is 4.52 Å². The maximum absolute atomic E-state index is 4.91. The molecule has 0 spiro atoms. The molecule has 2 heterocycles. The van der Waals surface area contributed by atoms with Crippen LogP contribution in [0.15, 0.2) is 52.2 Å². The third kappa shape index (κ3) is 7.43. The van der Waals surface area contributed by atoms with Crippen LogP contribution in [0.3, 0.4) is 0 Å². The lowest BCUT2D eigenvalue weighted by Crippen LogP contribution is -2.52. The van der Waals surface area contributed by atoms with Gasteiger partial charge in [-0.05, 0) is 24.8 Å². The van der Waals surface area contributed by atoms with E-state index >= 15 is 0 Å². The Bertz CT molecular complexity index is 669. The summed E-state index contributed by atoms with van der Waals surface area (Å²) in [6.45, 7) is 5.87. The smallest absolute Gasteiger partial charge is 0.193 e. The first kappa shape index (κ1) is 22.7. The van der Waals surface area contributed by atoms with Crippen LogP contribution in [0.4, 0.5) is 0 Å². The second kappa shape index (κ2) is 12.8. The summed E-state index contributed by atoms with van der Waals surface area (Å²) < 4.78 is 4.91. The zero-order valence-electron chi connectivity index (χ0n) is 16.7. The Kier molecular flexibility index (Phi) is 10.3. The first-order valence-electron chi connectivity index (χ1n) is 9.96. The summed E-state index contributed by atoms with van der Waals surface area (Å²) in [6, 6.07) is 12.7. The van der Waals surface area contributed by atoms with Crippen molar-refractivity contribution in [2.75, 3.05) is 39.8 Å². The van der Waals surface area contributed by atoms with E-state index in [9.17, 15) is 0 Å². The van der Waals surface area contributed by atoms with Crippen molar-refractivity contribution in [3.05, 3.63) is 53.9 Å². The Hall–Kier alpha value is -1.61. The van der Waals surface area contributed by atoms with E-state index in [1.54, 1.807) is 6.26 Å². The number of nitrogens with zero attached hydrogens (tertiary/aromatic N) is 4. The number of unbranched alkanes of at least 4 members (excludes halogenated alkanes) is 2.